The summed E-state index contributed by atoms with van der Waals surface area (Å²) in [5, 5.41) is 18.6. The Morgan fingerprint density at radius 3 is 2.24 bits per heavy atom. The summed E-state index contributed by atoms with van der Waals surface area (Å²) in [6.45, 7) is 1.28. The van der Waals surface area contributed by atoms with Gasteiger partial charge in [-0.3, -0.25) is 0 Å². The Hall–Kier alpha value is -1.31. The molecule has 1 aromatic carbocycles. The first-order valence-corrected chi connectivity index (χ1v) is 6.49. The summed E-state index contributed by atoms with van der Waals surface area (Å²) >= 11 is 0. The van der Waals surface area contributed by atoms with Crippen molar-refractivity contribution in [3.05, 3.63) is 29.8 Å². The summed E-state index contributed by atoms with van der Waals surface area (Å²) in [5.41, 5.74) is 1.07. The number of likely N-dealkylation sites (N-methyl/N-ethyl adjacent to an activating group) is 1. The number of nitrogens with zero attached hydrogens (tertiary/aromatic N) is 1. The lowest BCUT2D eigenvalue weighted by Gasteiger charge is -2.24. The van der Waals surface area contributed by atoms with Crippen LogP contribution in [-0.4, -0.2) is 60.2 Å². The molecule has 0 saturated carbocycles. The zero-order valence-corrected chi connectivity index (χ0v) is 12.0. The maximum atomic E-state index is 12.2. The second kappa shape index (κ2) is 7.63. The van der Waals surface area contributed by atoms with Gasteiger partial charge in [-0.15, -0.1) is 0 Å². The van der Waals surface area contributed by atoms with Crippen LogP contribution in [0, 0.1) is 6.92 Å². The molecule has 0 fully saturated rings. The molecule has 0 aliphatic carbocycles. The zero-order chi connectivity index (χ0) is 16.0. The molecule has 2 N–H and O–H groups in total. The van der Waals surface area contributed by atoms with Crippen molar-refractivity contribution in [3.8, 4) is 5.75 Å². The fourth-order valence-corrected chi connectivity index (χ4v) is 1.71. The maximum absolute atomic E-state index is 12.2. The monoisotopic (exact) mass is 307 g/mol. The van der Waals surface area contributed by atoms with Crippen LogP contribution in [0.3, 0.4) is 0 Å². The Balaban J connectivity index is 2.32. The van der Waals surface area contributed by atoms with Gasteiger partial charge in [-0.1, -0.05) is 17.7 Å². The predicted octanol–water partition coefficient (Wildman–Crippen LogP) is 1.59. The minimum Gasteiger partial charge on any atom is -0.491 e. The van der Waals surface area contributed by atoms with E-state index < -0.39 is 24.9 Å². The fraction of sp³-hybridized carbons (Fsp3) is 0.571. The van der Waals surface area contributed by atoms with Gasteiger partial charge in [0.25, 0.3) is 0 Å². The largest absolute Gasteiger partial charge is 0.491 e. The van der Waals surface area contributed by atoms with Crippen LogP contribution in [-0.2, 0) is 0 Å². The molecule has 120 valence electrons. The Morgan fingerprint density at radius 2 is 1.71 bits per heavy atom. The standard InChI is InChI=1S/C14H20F3NO3/c1-10-3-5-12(6-4-10)21-9-11(19)7-18(2)8-13(20)14(15,16)17/h3-6,11,13,19-20H,7-9H2,1-2H3. The van der Waals surface area contributed by atoms with Crippen LogP contribution in [0.4, 0.5) is 13.2 Å². The molecule has 4 nitrogen and oxygen atoms in total. The zero-order valence-electron chi connectivity index (χ0n) is 12.0. The van der Waals surface area contributed by atoms with E-state index in [-0.39, 0.29) is 13.2 Å². The molecule has 0 aliphatic heterocycles. The molecule has 1 rings (SSSR count). The highest BCUT2D eigenvalue weighted by molar-refractivity contribution is 5.26. The van der Waals surface area contributed by atoms with E-state index in [9.17, 15) is 18.3 Å². The summed E-state index contributed by atoms with van der Waals surface area (Å²) in [5.74, 6) is 0.581. The highest BCUT2D eigenvalue weighted by Crippen LogP contribution is 2.20. The summed E-state index contributed by atoms with van der Waals surface area (Å²) < 4.78 is 41.9. The smallest absolute Gasteiger partial charge is 0.415 e. The molecule has 0 spiro atoms. The van der Waals surface area contributed by atoms with Crippen LogP contribution >= 0.6 is 0 Å². The lowest BCUT2D eigenvalue weighted by Crippen LogP contribution is -2.42. The van der Waals surface area contributed by atoms with Crippen molar-refractivity contribution in [3.63, 3.8) is 0 Å². The van der Waals surface area contributed by atoms with E-state index >= 15 is 0 Å². The van der Waals surface area contributed by atoms with Gasteiger partial charge in [-0.25, -0.2) is 0 Å². The van der Waals surface area contributed by atoms with Gasteiger partial charge in [0.2, 0.25) is 0 Å². The highest BCUT2D eigenvalue weighted by atomic mass is 19.4. The van der Waals surface area contributed by atoms with Crippen molar-refractivity contribution in [1.29, 1.82) is 0 Å². The molecule has 1 aromatic rings. The second-order valence-corrected chi connectivity index (χ2v) is 5.06. The minimum absolute atomic E-state index is 0.0288. The molecule has 21 heavy (non-hydrogen) atoms. The summed E-state index contributed by atoms with van der Waals surface area (Å²) in [7, 11) is 1.39. The Morgan fingerprint density at radius 1 is 1.14 bits per heavy atom. The van der Waals surface area contributed by atoms with Crippen LogP contribution < -0.4 is 4.74 Å². The fourth-order valence-electron chi connectivity index (χ4n) is 1.71. The molecule has 0 radical (unpaired) electrons. The number of aryl methyl sites for hydroxylation is 1. The number of halogens is 3. The van der Waals surface area contributed by atoms with Crippen molar-refractivity contribution < 1.29 is 28.1 Å². The number of rotatable bonds is 7. The number of alkyl halides is 3. The number of benzene rings is 1. The number of ether oxygens (including phenoxy) is 1. The number of aliphatic hydroxyl groups is 2. The third-order valence-corrected chi connectivity index (χ3v) is 2.85. The third-order valence-electron chi connectivity index (χ3n) is 2.85. The first kappa shape index (κ1) is 17.7. The topological polar surface area (TPSA) is 52.9 Å². The van der Waals surface area contributed by atoms with E-state index in [0.29, 0.717) is 5.75 Å². The second-order valence-electron chi connectivity index (χ2n) is 5.06. The molecule has 7 heteroatoms. The molecular weight excluding hydrogens is 287 g/mol. The van der Waals surface area contributed by atoms with Crippen LogP contribution in [0.1, 0.15) is 5.56 Å². The first-order valence-electron chi connectivity index (χ1n) is 6.49. The van der Waals surface area contributed by atoms with Crippen LogP contribution in [0.2, 0.25) is 0 Å². The summed E-state index contributed by atoms with van der Waals surface area (Å²) in [4.78, 5) is 1.21. The highest BCUT2D eigenvalue weighted by Gasteiger charge is 2.38. The van der Waals surface area contributed by atoms with Gasteiger partial charge in [0.1, 0.15) is 18.5 Å². The molecule has 0 aliphatic rings. The van der Waals surface area contributed by atoms with Crippen LogP contribution in [0.25, 0.3) is 0 Å². The first-order chi connectivity index (χ1) is 9.68. The molecule has 0 bridgehead atoms. The van der Waals surface area contributed by atoms with Gasteiger partial charge >= 0.3 is 6.18 Å². The quantitative estimate of drug-likeness (QED) is 0.803. The van der Waals surface area contributed by atoms with Crippen molar-refractivity contribution in [2.45, 2.75) is 25.3 Å². The Kier molecular flexibility index (Phi) is 6.44. The molecular formula is C14H20F3NO3. The summed E-state index contributed by atoms with van der Waals surface area (Å²) in [6.07, 6.45) is -8.03. The maximum Gasteiger partial charge on any atom is 0.415 e. The molecule has 2 unspecified atom stereocenters. The molecule has 0 saturated heterocycles. The third kappa shape index (κ3) is 6.79. The van der Waals surface area contributed by atoms with E-state index in [0.717, 1.165) is 5.56 Å². The van der Waals surface area contributed by atoms with Crippen LogP contribution in [0.15, 0.2) is 24.3 Å². The number of hydrogen-bond donors (Lipinski definition) is 2. The SMILES string of the molecule is Cc1ccc(OCC(O)CN(C)CC(O)C(F)(F)F)cc1. The van der Waals surface area contributed by atoms with Gasteiger partial charge in [-0.05, 0) is 26.1 Å². The van der Waals surface area contributed by atoms with Gasteiger partial charge < -0.3 is 19.8 Å². The Labute approximate surface area is 121 Å². The van der Waals surface area contributed by atoms with Crippen molar-refractivity contribution in [2.24, 2.45) is 0 Å². The summed E-state index contributed by atoms with van der Waals surface area (Å²) in [6, 6.07) is 7.21. The van der Waals surface area contributed by atoms with Crippen LogP contribution in [0.5, 0.6) is 5.75 Å². The normalized spacial score (nSPS) is 15.0. The molecule has 2 atom stereocenters. The van der Waals surface area contributed by atoms with E-state index in [4.69, 9.17) is 9.84 Å². The van der Waals surface area contributed by atoms with Gasteiger partial charge in [0, 0.05) is 13.1 Å². The van der Waals surface area contributed by atoms with Crippen molar-refractivity contribution >= 4 is 0 Å². The van der Waals surface area contributed by atoms with Crippen molar-refractivity contribution in [1.82, 2.24) is 4.90 Å². The van der Waals surface area contributed by atoms with Gasteiger partial charge in [-0.2, -0.15) is 13.2 Å². The average molecular weight is 307 g/mol. The van der Waals surface area contributed by atoms with Crippen molar-refractivity contribution in [2.75, 3.05) is 26.7 Å². The lowest BCUT2D eigenvalue weighted by atomic mass is 10.2. The van der Waals surface area contributed by atoms with E-state index in [1.165, 1.54) is 11.9 Å². The molecule has 0 amide bonds. The van der Waals surface area contributed by atoms with E-state index in [2.05, 4.69) is 0 Å². The number of aliphatic hydroxyl groups excluding tert-OH is 2. The number of hydrogen-bond acceptors (Lipinski definition) is 4. The average Bonchev–Trinajstić information content (AvgIpc) is 2.36. The lowest BCUT2D eigenvalue weighted by molar-refractivity contribution is -0.208. The molecule has 0 heterocycles. The van der Waals surface area contributed by atoms with E-state index in [1.54, 1.807) is 12.1 Å². The Bertz CT molecular complexity index is 422. The van der Waals surface area contributed by atoms with Gasteiger partial charge in [0.05, 0.1) is 0 Å². The molecule has 0 aromatic heterocycles. The van der Waals surface area contributed by atoms with E-state index in [1.807, 2.05) is 19.1 Å². The predicted molar refractivity (Wildman–Crippen MR) is 72.2 cm³/mol. The van der Waals surface area contributed by atoms with Gasteiger partial charge in [0.15, 0.2) is 6.10 Å². The minimum atomic E-state index is -4.66.